The molecule has 3 aliphatic rings. The van der Waals surface area contributed by atoms with Gasteiger partial charge in [-0.05, 0) is 55.5 Å². The lowest BCUT2D eigenvalue weighted by atomic mass is 9.66. The first-order valence-corrected chi connectivity index (χ1v) is 9.78. The van der Waals surface area contributed by atoms with Crippen LogP contribution in [0.25, 0.3) is 0 Å². The van der Waals surface area contributed by atoms with E-state index in [0.29, 0.717) is 30.7 Å². The number of carbonyl (C=O) groups excluding carboxylic acids is 1. The highest BCUT2D eigenvalue weighted by molar-refractivity contribution is 5.94. The van der Waals surface area contributed by atoms with Crippen molar-refractivity contribution in [3.8, 4) is 0 Å². The number of fused-ring (bicyclic) bond motifs is 1. The van der Waals surface area contributed by atoms with Gasteiger partial charge in [-0.2, -0.15) is 0 Å². The zero-order valence-electron chi connectivity index (χ0n) is 16.0. The van der Waals surface area contributed by atoms with Crippen LogP contribution in [0, 0.1) is 11.3 Å². The largest absolute Gasteiger partial charge is 0.391 e. The van der Waals surface area contributed by atoms with Crippen LogP contribution in [0.15, 0.2) is 18.2 Å². The molecule has 0 aromatic heterocycles. The number of carbonyl (C=O) groups is 1. The Bertz CT molecular complexity index is 700. The van der Waals surface area contributed by atoms with Crippen molar-refractivity contribution in [1.29, 1.82) is 0 Å². The van der Waals surface area contributed by atoms with Crippen molar-refractivity contribution >= 4 is 5.91 Å². The number of rotatable bonds is 3. The first-order chi connectivity index (χ1) is 12.4. The molecule has 2 N–H and O–H groups in total. The lowest BCUT2D eigenvalue weighted by Crippen LogP contribution is -2.64. The van der Waals surface area contributed by atoms with Gasteiger partial charge in [-0.15, -0.1) is 0 Å². The quantitative estimate of drug-likeness (QED) is 0.867. The lowest BCUT2D eigenvalue weighted by molar-refractivity contribution is -0.0827. The number of nitrogens with one attached hydrogen (secondary N) is 1. The van der Waals surface area contributed by atoms with Crippen LogP contribution >= 0.6 is 0 Å². The second kappa shape index (κ2) is 6.63. The Hall–Kier alpha value is -1.43. The number of aliphatic hydroxyl groups is 1. The second-order valence-corrected chi connectivity index (χ2v) is 8.81. The molecule has 142 valence electrons. The van der Waals surface area contributed by atoms with Gasteiger partial charge in [0.25, 0.3) is 5.91 Å². The predicted molar refractivity (Wildman–Crippen MR) is 100.0 cm³/mol. The highest BCUT2D eigenvalue weighted by atomic mass is 16.5. The van der Waals surface area contributed by atoms with Crippen LogP contribution in [0.3, 0.4) is 0 Å². The molecule has 0 bridgehead atoms. The van der Waals surface area contributed by atoms with Gasteiger partial charge >= 0.3 is 0 Å². The molecule has 4 atom stereocenters. The summed E-state index contributed by atoms with van der Waals surface area (Å²) in [6.07, 6.45) is 2.05. The molecule has 1 amide bonds. The van der Waals surface area contributed by atoms with Crippen LogP contribution in [0.2, 0.25) is 0 Å². The number of hydrogen-bond donors (Lipinski definition) is 2. The third-order valence-corrected chi connectivity index (χ3v) is 6.56. The molecular formula is C21H30N2O3. The number of hydrogen-bond acceptors (Lipinski definition) is 4. The molecular weight excluding hydrogens is 328 g/mol. The Morgan fingerprint density at radius 1 is 1.35 bits per heavy atom. The molecule has 1 aliphatic carbocycles. The van der Waals surface area contributed by atoms with Crippen LogP contribution in [0.5, 0.6) is 0 Å². The fourth-order valence-corrected chi connectivity index (χ4v) is 5.75. The van der Waals surface area contributed by atoms with Gasteiger partial charge in [-0.25, -0.2) is 0 Å². The van der Waals surface area contributed by atoms with Crippen molar-refractivity contribution in [3.63, 3.8) is 0 Å². The molecule has 1 saturated heterocycles. The fourth-order valence-electron chi connectivity index (χ4n) is 5.75. The SMILES string of the molecule is CC(C)C1N(C)CC12C[C@@H](O)[C@H](NC(=O)c1ccc3c(c1)CCOC3)C2. The summed E-state index contributed by atoms with van der Waals surface area (Å²) in [5.41, 5.74) is 3.20. The Morgan fingerprint density at radius 3 is 2.88 bits per heavy atom. The van der Waals surface area contributed by atoms with E-state index in [1.54, 1.807) is 0 Å². The van der Waals surface area contributed by atoms with Crippen LogP contribution in [-0.2, 0) is 17.8 Å². The first kappa shape index (κ1) is 18.0. The second-order valence-electron chi connectivity index (χ2n) is 8.81. The van der Waals surface area contributed by atoms with E-state index in [9.17, 15) is 9.90 Å². The summed E-state index contributed by atoms with van der Waals surface area (Å²) in [6.45, 7) is 6.85. The van der Waals surface area contributed by atoms with Gasteiger partial charge in [0.2, 0.25) is 0 Å². The smallest absolute Gasteiger partial charge is 0.251 e. The molecule has 2 unspecified atom stereocenters. The van der Waals surface area contributed by atoms with Crippen LogP contribution in [0.4, 0.5) is 0 Å². The zero-order valence-corrected chi connectivity index (χ0v) is 16.0. The van der Waals surface area contributed by atoms with Gasteiger partial charge in [0.05, 0.1) is 25.4 Å². The van der Waals surface area contributed by atoms with Crippen molar-refractivity contribution in [2.24, 2.45) is 11.3 Å². The summed E-state index contributed by atoms with van der Waals surface area (Å²) in [4.78, 5) is 15.1. The van der Waals surface area contributed by atoms with E-state index in [-0.39, 0.29) is 17.4 Å². The summed E-state index contributed by atoms with van der Waals surface area (Å²) >= 11 is 0. The Morgan fingerprint density at radius 2 is 2.15 bits per heavy atom. The number of nitrogens with zero attached hydrogens (tertiary/aromatic N) is 1. The molecule has 4 rings (SSSR count). The normalized spacial score (nSPS) is 34.0. The average Bonchev–Trinajstić information content (AvgIpc) is 2.90. The molecule has 2 aliphatic heterocycles. The maximum absolute atomic E-state index is 12.8. The first-order valence-electron chi connectivity index (χ1n) is 9.78. The minimum Gasteiger partial charge on any atom is -0.391 e. The highest BCUT2D eigenvalue weighted by Crippen LogP contribution is 2.52. The van der Waals surface area contributed by atoms with E-state index in [0.717, 1.165) is 25.8 Å². The highest BCUT2D eigenvalue weighted by Gasteiger charge is 2.58. The van der Waals surface area contributed by atoms with Crippen molar-refractivity contribution in [2.75, 3.05) is 20.2 Å². The van der Waals surface area contributed by atoms with Crippen molar-refractivity contribution in [1.82, 2.24) is 10.2 Å². The fraction of sp³-hybridized carbons (Fsp3) is 0.667. The molecule has 2 heterocycles. The van der Waals surface area contributed by atoms with Crippen molar-refractivity contribution in [3.05, 3.63) is 34.9 Å². The average molecular weight is 358 g/mol. The van der Waals surface area contributed by atoms with E-state index in [1.807, 2.05) is 18.2 Å². The summed E-state index contributed by atoms with van der Waals surface area (Å²) in [7, 11) is 2.16. The number of likely N-dealkylation sites (tertiary alicyclic amines) is 1. The van der Waals surface area contributed by atoms with Gasteiger partial charge in [-0.1, -0.05) is 19.9 Å². The van der Waals surface area contributed by atoms with Crippen molar-refractivity contribution in [2.45, 2.75) is 57.9 Å². The number of ether oxygens (including phenoxy) is 1. The monoisotopic (exact) mass is 358 g/mol. The molecule has 1 aromatic carbocycles. The van der Waals surface area contributed by atoms with E-state index in [2.05, 4.69) is 31.1 Å². The predicted octanol–water partition coefficient (Wildman–Crippen LogP) is 1.97. The molecule has 1 aromatic rings. The zero-order chi connectivity index (χ0) is 18.5. The summed E-state index contributed by atoms with van der Waals surface area (Å²) in [5, 5.41) is 13.7. The van der Waals surface area contributed by atoms with E-state index >= 15 is 0 Å². The summed E-state index contributed by atoms with van der Waals surface area (Å²) < 4.78 is 5.46. The third-order valence-electron chi connectivity index (χ3n) is 6.56. The van der Waals surface area contributed by atoms with Crippen LogP contribution in [0.1, 0.15) is 48.2 Å². The Labute approximate surface area is 155 Å². The lowest BCUT2D eigenvalue weighted by Gasteiger charge is -2.57. The number of benzene rings is 1. The van der Waals surface area contributed by atoms with Crippen LogP contribution in [-0.4, -0.2) is 54.3 Å². The molecule has 0 radical (unpaired) electrons. The number of amides is 1. The molecule has 2 fully saturated rings. The van der Waals surface area contributed by atoms with Gasteiger partial charge in [0, 0.05) is 23.6 Å². The summed E-state index contributed by atoms with van der Waals surface area (Å²) in [5.74, 6) is 0.479. The minimum atomic E-state index is -0.458. The standard InChI is InChI=1S/C21H30N2O3/c1-13(2)19-21(12-23(19)3)9-17(18(24)10-21)22-20(25)15-4-5-16-11-26-7-6-14(16)8-15/h4-5,8,13,17-19,24H,6-7,9-12H2,1-3H3,(H,22,25)/t17-,18-,19?,21?/m1/s1. The van der Waals surface area contributed by atoms with Gasteiger partial charge in [-0.3, -0.25) is 4.79 Å². The minimum absolute atomic E-state index is 0.0748. The molecule has 5 heteroatoms. The Balaban J connectivity index is 1.45. The van der Waals surface area contributed by atoms with E-state index in [1.165, 1.54) is 11.1 Å². The molecule has 26 heavy (non-hydrogen) atoms. The molecule has 5 nitrogen and oxygen atoms in total. The molecule has 1 saturated carbocycles. The summed E-state index contributed by atoms with van der Waals surface area (Å²) in [6, 6.07) is 6.18. The van der Waals surface area contributed by atoms with E-state index < -0.39 is 6.10 Å². The van der Waals surface area contributed by atoms with Crippen LogP contribution < -0.4 is 5.32 Å². The van der Waals surface area contributed by atoms with Gasteiger partial charge in [0.15, 0.2) is 0 Å². The topological polar surface area (TPSA) is 61.8 Å². The Kier molecular flexibility index (Phi) is 4.58. The maximum Gasteiger partial charge on any atom is 0.251 e. The number of aliphatic hydroxyl groups excluding tert-OH is 1. The maximum atomic E-state index is 12.8. The van der Waals surface area contributed by atoms with E-state index in [4.69, 9.17) is 4.74 Å². The van der Waals surface area contributed by atoms with Gasteiger partial charge < -0.3 is 20.1 Å². The van der Waals surface area contributed by atoms with Crippen molar-refractivity contribution < 1.29 is 14.6 Å². The third kappa shape index (κ3) is 2.96. The van der Waals surface area contributed by atoms with Gasteiger partial charge in [0.1, 0.15) is 0 Å². The molecule has 1 spiro atoms.